The fourth-order valence-corrected chi connectivity index (χ4v) is 10.7. The molecule has 3 aliphatic carbocycles. The molecule has 11 heteroatoms. The number of fused-ring (bicyclic) bond motifs is 4. The highest BCUT2D eigenvalue weighted by molar-refractivity contribution is 7.92. The molecule has 0 radical (unpaired) electrons. The molecule has 2 fully saturated rings. The minimum absolute atomic E-state index is 0.0196. The third-order valence-electron chi connectivity index (χ3n) is 11.8. The molecule has 3 N–H and O–H groups in total. The number of anilines is 1. The number of allylic oxidation sites excluding steroid dienone is 1. The van der Waals surface area contributed by atoms with Crippen molar-refractivity contribution in [2.75, 3.05) is 44.1 Å². The van der Waals surface area contributed by atoms with E-state index in [2.05, 4.69) is 56.6 Å². The summed E-state index contributed by atoms with van der Waals surface area (Å²) in [6, 6.07) is 11.5. The van der Waals surface area contributed by atoms with Crippen LogP contribution in [0.4, 0.5) is 10.5 Å². The molecule has 0 saturated heterocycles. The number of hydrogen-bond acceptors (Lipinski definition) is 7. The average Bonchev–Trinajstić information content (AvgIpc) is 3.20. The van der Waals surface area contributed by atoms with Gasteiger partial charge in [-0.2, -0.15) is 0 Å². The van der Waals surface area contributed by atoms with E-state index in [1.54, 1.807) is 13.2 Å². The van der Waals surface area contributed by atoms with Crippen LogP contribution in [0.3, 0.4) is 0 Å². The number of nitrogens with one attached hydrogen (secondary N) is 2. The van der Waals surface area contributed by atoms with Gasteiger partial charge in [0.25, 0.3) is 5.91 Å². The molecule has 0 aromatic heterocycles. The van der Waals surface area contributed by atoms with Crippen LogP contribution in [0, 0.1) is 30.6 Å². The van der Waals surface area contributed by atoms with E-state index in [9.17, 15) is 18.9 Å². The lowest BCUT2D eigenvalue weighted by Crippen LogP contribution is -2.50. The first-order valence-electron chi connectivity index (χ1n) is 18.4. The van der Waals surface area contributed by atoms with Crippen LogP contribution in [0.5, 0.6) is 5.75 Å². The van der Waals surface area contributed by atoms with Gasteiger partial charge in [-0.05, 0) is 111 Å². The number of benzene rings is 2. The molecule has 5 aliphatic rings. The molecule has 2 aromatic rings. The van der Waals surface area contributed by atoms with Gasteiger partial charge in [-0.3, -0.25) is 9.52 Å². The molecule has 270 valence electrons. The second-order valence-electron chi connectivity index (χ2n) is 15.6. The largest absolute Gasteiger partial charge is 0.490 e. The zero-order valence-electron chi connectivity index (χ0n) is 29.6. The molecule has 1 spiro atoms. The molecule has 2 aliphatic heterocycles. The van der Waals surface area contributed by atoms with Crippen molar-refractivity contribution < 1.29 is 28.4 Å². The summed E-state index contributed by atoms with van der Waals surface area (Å²) in [6.07, 6.45) is 11.5. The van der Waals surface area contributed by atoms with Crippen LogP contribution in [-0.2, 0) is 26.5 Å². The fraction of sp³-hybridized carbons (Fsp3) is 0.590. The highest BCUT2D eigenvalue weighted by Crippen LogP contribution is 2.47. The highest BCUT2D eigenvalue weighted by atomic mass is 32.2. The smallest absolute Gasteiger partial charge is 0.327 e. The zero-order chi connectivity index (χ0) is 35.0. The van der Waals surface area contributed by atoms with E-state index in [0.29, 0.717) is 43.3 Å². The van der Waals surface area contributed by atoms with E-state index >= 15 is 0 Å². The summed E-state index contributed by atoms with van der Waals surface area (Å²) in [6.45, 7) is 6.29. The van der Waals surface area contributed by atoms with Gasteiger partial charge in [-0.15, -0.1) is 4.36 Å². The number of carbonyl (C=O) groups is 2. The second-order valence-corrected chi connectivity index (χ2v) is 17.6. The van der Waals surface area contributed by atoms with Crippen molar-refractivity contribution in [2.24, 2.45) is 28.0 Å². The molecule has 6 atom stereocenters. The Morgan fingerprint density at radius 3 is 2.80 bits per heavy atom. The monoisotopic (exact) mass is 704 g/mol. The number of amides is 3. The van der Waals surface area contributed by atoms with E-state index in [1.165, 1.54) is 16.7 Å². The van der Waals surface area contributed by atoms with Crippen LogP contribution in [0.2, 0.25) is 0 Å². The van der Waals surface area contributed by atoms with Gasteiger partial charge < -0.3 is 24.8 Å². The Balaban J connectivity index is 1.26. The van der Waals surface area contributed by atoms with Crippen molar-refractivity contribution in [3.63, 3.8) is 0 Å². The minimum atomic E-state index is -3.49. The Morgan fingerprint density at radius 2 is 2.04 bits per heavy atom. The lowest BCUT2D eigenvalue weighted by molar-refractivity contribution is 0.0131. The number of methoxy groups -OCH3 is 1. The predicted octanol–water partition coefficient (Wildman–Crippen LogP) is 5.70. The van der Waals surface area contributed by atoms with E-state index in [0.717, 1.165) is 56.6 Å². The van der Waals surface area contributed by atoms with Crippen molar-refractivity contribution >= 4 is 27.5 Å². The Kier molecular flexibility index (Phi) is 10.0. The lowest BCUT2D eigenvalue weighted by Gasteiger charge is -2.46. The maximum Gasteiger partial charge on any atom is 0.327 e. The number of aliphatic hydroxyl groups excluding tert-OH is 1. The summed E-state index contributed by atoms with van der Waals surface area (Å²) < 4.78 is 34.0. The van der Waals surface area contributed by atoms with Crippen molar-refractivity contribution in [1.29, 1.82) is 0 Å². The number of aliphatic hydroxyl groups is 1. The van der Waals surface area contributed by atoms with Crippen molar-refractivity contribution in [3.8, 4) is 5.75 Å². The summed E-state index contributed by atoms with van der Waals surface area (Å²) in [7, 11) is -1.72. The molecular weight excluding hydrogens is 653 g/mol. The van der Waals surface area contributed by atoms with Crippen molar-refractivity contribution in [2.45, 2.75) is 82.8 Å². The van der Waals surface area contributed by atoms with Crippen molar-refractivity contribution in [3.05, 3.63) is 70.8 Å². The van der Waals surface area contributed by atoms with Gasteiger partial charge in [0.1, 0.15) is 15.7 Å². The molecular formula is C39H52N4O6S. The first-order chi connectivity index (χ1) is 24.1. The third-order valence-corrected chi connectivity index (χ3v) is 13.8. The molecule has 1 unspecified atom stereocenters. The normalized spacial score (nSPS) is 34.4. The van der Waals surface area contributed by atoms with Crippen molar-refractivity contribution in [1.82, 2.24) is 10.0 Å². The number of ether oxygens (including phenoxy) is 2. The maximum absolute atomic E-state index is 14.4. The number of hydrogen-bond donors (Lipinski definition) is 3. The van der Waals surface area contributed by atoms with Gasteiger partial charge in [-0.25, -0.2) is 9.00 Å². The van der Waals surface area contributed by atoms with Crippen LogP contribution in [0.25, 0.3) is 0 Å². The molecule has 2 aromatic carbocycles. The highest BCUT2D eigenvalue weighted by Gasteiger charge is 2.44. The Bertz CT molecular complexity index is 1760. The van der Waals surface area contributed by atoms with Crippen LogP contribution < -0.4 is 19.7 Å². The summed E-state index contributed by atoms with van der Waals surface area (Å²) in [5, 5.41) is 12.2. The third kappa shape index (κ3) is 7.19. The first-order valence-corrected chi connectivity index (χ1v) is 20.0. The Labute approximate surface area is 296 Å². The molecule has 2 saturated carbocycles. The summed E-state index contributed by atoms with van der Waals surface area (Å²) in [5.74, 6) is 0.913. The van der Waals surface area contributed by atoms with Gasteiger partial charge in [-0.1, -0.05) is 42.8 Å². The fourth-order valence-electron chi connectivity index (χ4n) is 8.89. The van der Waals surface area contributed by atoms with E-state index in [4.69, 9.17) is 9.47 Å². The number of aryl methyl sites for hydroxylation is 2. The van der Waals surface area contributed by atoms with Gasteiger partial charge in [0.2, 0.25) is 0 Å². The Morgan fingerprint density at radius 1 is 1.20 bits per heavy atom. The molecule has 2 bridgehead atoms. The van der Waals surface area contributed by atoms with E-state index in [1.807, 2.05) is 19.1 Å². The summed E-state index contributed by atoms with van der Waals surface area (Å²) in [4.78, 5) is 29.4. The minimum Gasteiger partial charge on any atom is -0.490 e. The number of urea groups is 1. The molecule has 2 heterocycles. The molecule has 10 nitrogen and oxygen atoms in total. The zero-order valence-corrected chi connectivity index (χ0v) is 30.4. The number of nitrogens with zero attached hydrogens (tertiary/aromatic N) is 2. The van der Waals surface area contributed by atoms with Crippen LogP contribution in [0.1, 0.15) is 78.9 Å². The van der Waals surface area contributed by atoms with E-state index in [-0.39, 0.29) is 41.8 Å². The van der Waals surface area contributed by atoms with Gasteiger partial charge in [0.05, 0.1) is 24.2 Å². The first kappa shape index (κ1) is 35.0. The summed E-state index contributed by atoms with van der Waals surface area (Å²) in [5.41, 5.74) is 4.98. The predicted molar refractivity (Wildman–Crippen MR) is 195 cm³/mol. The van der Waals surface area contributed by atoms with Crippen LogP contribution in [-0.4, -0.2) is 72.6 Å². The standard InChI is InChI=1S/C39H52N4O6S/c1-25-9-13-33-28(16-25)7-5-15-39(33)23-43-20-30-10-12-32(30)35(48-3)8-4-6-26(2)22-50(47,42-38(46)40-31-17-27(18-31)21-44)41-37(45)29-11-14-36(49-24-39)34(43)19-29/h4,8-9,11,13-14,16,19,26-27,30-32,35,44H,5-7,10,12,15,17-18,20-24H2,1-3H3,(H2,40,41,42,45,46,47)/b8-4+/t26-,27?,30-,31?,32+,35-,39-,50?/m0/s1. The second kappa shape index (κ2) is 14.3. The van der Waals surface area contributed by atoms with E-state index < -0.39 is 21.9 Å². The van der Waals surface area contributed by atoms with Gasteiger partial charge in [0.15, 0.2) is 0 Å². The maximum atomic E-state index is 14.4. The molecule has 7 rings (SSSR count). The molecule has 50 heavy (non-hydrogen) atoms. The number of rotatable bonds is 4. The quantitative estimate of drug-likeness (QED) is 0.349. The number of carbonyl (C=O) groups excluding carboxylic acids is 2. The van der Waals surface area contributed by atoms with Gasteiger partial charge >= 0.3 is 6.03 Å². The molecule has 3 amide bonds. The lowest BCUT2D eigenvalue weighted by atomic mass is 9.68. The Hall–Kier alpha value is -3.41. The topological polar surface area (TPSA) is 130 Å². The summed E-state index contributed by atoms with van der Waals surface area (Å²) >= 11 is 0. The van der Waals surface area contributed by atoms with Gasteiger partial charge in [0, 0.05) is 43.8 Å². The SMILES string of the molecule is CO[C@H]1/C=C/C[C@H](C)CS(=O)(NC(=O)NC2CC(CO)C2)=NC(=O)c2ccc3c(c2)N(C[C@@H]2CC[C@H]21)C[C@@]1(CCCc2cc(C)ccc21)CO3. The average molecular weight is 705 g/mol. The van der Waals surface area contributed by atoms with Crippen LogP contribution in [0.15, 0.2) is 52.9 Å². The van der Waals surface area contributed by atoms with Crippen LogP contribution >= 0.6 is 0 Å².